The lowest BCUT2D eigenvalue weighted by atomic mass is 10.0. The van der Waals surface area contributed by atoms with Gasteiger partial charge in [0.2, 0.25) is 0 Å². The minimum Gasteiger partial charge on any atom is -0.310 e. The largest absolute Gasteiger partial charge is 0.310 e. The van der Waals surface area contributed by atoms with E-state index in [0.717, 1.165) is 38.6 Å². The van der Waals surface area contributed by atoms with Gasteiger partial charge in [0.15, 0.2) is 0 Å². The number of hydrogen-bond acceptors (Lipinski definition) is 4. The summed E-state index contributed by atoms with van der Waals surface area (Å²) in [7, 11) is 0. The molecular weight excluding hydrogens is 773 g/mol. The van der Waals surface area contributed by atoms with Gasteiger partial charge in [-0.1, -0.05) is 113 Å². The highest BCUT2D eigenvalue weighted by Gasteiger charge is 2.21. The van der Waals surface area contributed by atoms with Gasteiger partial charge in [-0.25, -0.2) is 0 Å². The van der Waals surface area contributed by atoms with Crippen molar-refractivity contribution in [2.24, 2.45) is 0 Å². The molecule has 9 aromatic carbocycles. The molecule has 11 rings (SSSR count). The average molecular weight is 804 g/mol. The first-order valence-corrected chi connectivity index (χ1v) is 20.8. The molecule has 0 amide bonds. The van der Waals surface area contributed by atoms with Gasteiger partial charge < -0.3 is 9.80 Å². The Bertz CT molecular complexity index is 3030. The minimum absolute atomic E-state index is 1.00. The van der Waals surface area contributed by atoms with Crippen LogP contribution in [0.1, 0.15) is 0 Å². The molecule has 0 atom stereocenters. The molecule has 0 aliphatic heterocycles. The summed E-state index contributed by atoms with van der Waals surface area (Å²) in [6.45, 7) is 0. The van der Waals surface area contributed by atoms with E-state index in [9.17, 15) is 0 Å². The molecule has 0 saturated carbocycles. The van der Waals surface area contributed by atoms with Crippen LogP contribution in [-0.4, -0.2) is 0 Å². The van der Waals surface area contributed by atoms with Crippen molar-refractivity contribution in [2.45, 2.75) is 0 Å². The first-order valence-electron chi connectivity index (χ1n) is 18.4. The number of benzene rings is 9. The highest BCUT2D eigenvalue weighted by molar-refractivity contribution is 9.10. The monoisotopic (exact) mass is 802 g/mol. The van der Waals surface area contributed by atoms with Gasteiger partial charge in [-0.3, -0.25) is 0 Å². The van der Waals surface area contributed by atoms with Crippen LogP contribution in [0.3, 0.4) is 0 Å². The second-order valence-corrected chi connectivity index (χ2v) is 17.0. The second kappa shape index (κ2) is 13.1. The zero-order valence-electron chi connectivity index (χ0n) is 29.5. The molecule has 0 bridgehead atoms. The molecule has 0 spiro atoms. The molecule has 0 N–H and O–H groups in total. The van der Waals surface area contributed by atoms with Crippen molar-refractivity contribution in [3.05, 3.63) is 193 Å². The second-order valence-electron chi connectivity index (χ2n) is 13.9. The fraction of sp³-hybridized carbons (Fsp3) is 0. The summed E-state index contributed by atoms with van der Waals surface area (Å²) in [5.74, 6) is 0. The predicted molar refractivity (Wildman–Crippen MR) is 244 cm³/mol. The molecule has 0 saturated heterocycles. The number of nitrogens with zero attached hydrogens (tertiary/aromatic N) is 2. The van der Waals surface area contributed by atoms with Crippen LogP contribution in [0.15, 0.2) is 193 Å². The van der Waals surface area contributed by atoms with Crippen molar-refractivity contribution in [1.82, 2.24) is 0 Å². The van der Waals surface area contributed by atoms with E-state index < -0.39 is 0 Å². The third-order valence-corrected chi connectivity index (χ3v) is 13.3. The lowest BCUT2D eigenvalue weighted by Crippen LogP contribution is -2.13. The van der Waals surface area contributed by atoms with Crippen LogP contribution in [0.25, 0.3) is 61.9 Å². The van der Waals surface area contributed by atoms with Crippen molar-refractivity contribution in [3.63, 3.8) is 0 Å². The van der Waals surface area contributed by atoms with Crippen molar-refractivity contribution in [1.29, 1.82) is 0 Å². The van der Waals surface area contributed by atoms with Gasteiger partial charge >= 0.3 is 0 Å². The number of fused-ring (bicyclic) bond motifs is 10. The SMILES string of the molecule is Brc1cc(N(c2ccccc2)c2ccc3sc4ccc5ccccc5c4c3c2)cc(N(c2ccccc2)c2ccc3sc4ccc5ccccc5c4c3c2)c1. The van der Waals surface area contributed by atoms with Gasteiger partial charge in [0.25, 0.3) is 0 Å². The van der Waals surface area contributed by atoms with Crippen molar-refractivity contribution in [3.8, 4) is 0 Å². The summed E-state index contributed by atoms with van der Waals surface area (Å²) in [5.41, 5.74) is 6.54. The number of rotatable bonds is 6. The van der Waals surface area contributed by atoms with Crippen LogP contribution in [0.4, 0.5) is 34.1 Å². The van der Waals surface area contributed by atoms with Gasteiger partial charge in [0.05, 0.1) is 0 Å². The highest BCUT2D eigenvalue weighted by Crippen LogP contribution is 2.47. The standard InChI is InChI=1S/C50H31BrN2S2/c51-34-27-39(52(35-13-3-1-4-14-35)37-21-25-45-43(30-37)49-41-17-9-7-11-32(41)19-23-47(49)54-45)29-40(28-34)53(36-15-5-2-6-16-36)38-22-26-46-44(31-38)50-42-18-10-8-12-33(42)20-24-48(50)55-46/h1-31H. The predicted octanol–water partition coefficient (Wildman–Crippen LogP) is 16.4. The summed E-state index contributed by atoms with van der Waals surface area (Å²) < 4.78 is 6.20. The topological polar surface area (TPSA) is 6.48 Å². The lowest BCUT2D eigenvalue weighted by Gasteiger charge is -2.30. The van der Waals surface area contributed by atoms with Gasteiger partial charge in [0, 0.05) is 78.9 Å². The fourth-order valence-corrected chi connectivity index (χ4v) is 10.9. The van der Waals surface area contributed by atoms with Gasteiger partial charge in [-0.2, -0.15) is 0 Å². The Balaban J connectivity index is 1.12. The summed E-state index contributed by atoms with van der Waals surface area (Å²) >= 11 is 7.70. The quantitative estimate of drug-likeness (QED) is 0.165. The Labute approximate surface area is 334 Å². The van der Waals surface area contributed by atoms with Crippen LogP contribution in [0.5, 0.6) is 0 Å². The maximum atomic E-state index is 3.98. The fourth-order valence-electron chi connectivity index (χ4n) is 8.21. The first kappa shape index (κ1) is 32.5. The van der Waals surface area contributed by atoms with E-state index in [0.29, 0.717) is 0 Å². The third kappa shape index (κ3) is 5.50. The van der Waals surface area contributed by atoms with Crippen LogP contribution in [0, 0.1) is 0 Å². The van der Waals surface area contributed by atoms with E-state index in [2.05, 4.69) is 214 Å². The molecule has 2 aromatic heterocycles. The normalized spacial score (nSPS) is 11.7. The van der Waals surface area contributed by atoms with Gasteiger partial charge in [0.1, 0.15) is 0 Å². The molecule has 0 aliphatic rings. The van der Waals surface area contributed by atoms with Crippen molar-refractivity contribution < 1.29 is 0 Å². The molecule has 2 heterocycles. The smallest absolute Gasteiger partial charge is 0.0493 e. The van der Waals surface area contributed by atoms with E-state index in [1.165, 1.54) is 61.9 Å². The number of thiophene rings is 2. The van der Waals surface area contributed by atoms with Gasteiger partial charge in [-0.05, 0) is 113 Å². The van der Waals surface area contributed by atoms with Crippen molar-refractivity contribution >= 4 is 135 Å². The molecule has 2 nitrogen and oxygen atoms in total. The molecule has 55 heavy (non-hydrogen) atoms. The van der Waals surface area contributed by atoms with E-state index in [-0.39, 0.29) is 0 Å². The molecule has 260 valence electrons. The lowest BCUT2D eigenvalue weighted by molar-refractivity contribution is 1.25. The molecule has 0 fully saturated rings. The average Bonchev–Trinajstić information content (AvgIpc) is 3.80. The summed E-state index contributed by atoms with van der Waals surface area (Å²) in [5, 5.41) is 10.3. The maximum Gasteiger partial charge on any atom is 0.0493 e. The van der Waals surface area contributed by atoms with E-state index in [4.69, 9.17) is 0 Å². The Hall–Kier alpha value is -5.98. The molecule has 5 heteroatoms. The number of hydrogen-bond donors (Lipinski definition) is 0. The van der Waals surface area contributed by atoms with Crippen LogP contribution >= 0.6 is 38.6 Å². The summed E-state index contributed by atoms with van der Waals surface area (Å²) in [4.78, 5) is 4.76. The van der Waals surface area contributed by atoms with Crippen LogP contribution in [0.2, 0.25) is 0 Å². The Morgan fingerprint density at radius 3 is 1.20 bits per heavy atom. The first-order chi connectivity index (χ1) is 27.2. The Kier molecular flexibility index (Phi) is 7.73. The van der Waals surface area contributed by atoms with E-state index in [1.807, 2.05) is 22.7 Å². The summed E-state index contributed by atoms with van der Waals surface area (Å²) in [6.07, 6.45) is 0. The third-order valence-electron chi connectivity index (χ3n) is 10.6. The number of para-hydroxylation sites is 2. The van der Waals surface area contributed by atoms with E-state index in [1.54, 1.807) is 0 Å². The Morgan fingerprint density at radius 1 is 0.309 bits per heavy atom. The zero-order chi connectivity index (χ0) is 36.5. The minimum atomic E-state index is 1.00. The molecule has 0 aliphatic carbocycles. The van der Waals surface area contributed by atoms with Crippen molar-refractivity contribution in [2.75, 3.05) is 9.80 Å². The van der Waals surface area contributed by atoms with E-state index >= 15 is 0 Å². The summed E-state index contributed by atoms with van der Waals surface area (Å²) in [6, 6.07) is 68.6. The molecule has 0 radical (unpaired) electrons. The van der Waals surface area contributed by atoms with Crippen LogP contribution < -0.4 is 9.80 Å². The zero-order valence-corrected chi connectivity index (χ0v) is 32.7. The maximum absolute atomic E-state index is 3.98. The molecule has 0 unspecified atom stereocenters. The number of anilines is 6. The number of halogens is 1. The van der Waals surface area contributed by atoms with Crippen LogP contribution in [-0.2, 0) is 0 Å². The molecular formula is C50H31BrN2S2. The Morgan fingerprint density at radius 2 is 0.727 bits per heavy atom. The highest BCUT2D eigenvalue weighted by atomic mass is 79.9. The molecule has 11 aromatic rings. The van der Waals surface area contributed by atoms with Gasteiger partial charge in [-0.15, -0.1) is 22.7 Å².